The Morgan fingerprint density at radius 1 is 1.03 bits per heavy atom. The number of anilines is 3. The summed E-state index contributed by atoms with van der Waals surface area (Å²) in [6.45, 7) is 1.95. The largest absolute Gasteiger partial charge is 0.384 e. The molecule has 0 saturated carbocycles. The molecule has 5 aromatic rings. The summed E-state index contributed by atoms with van der Waals surface area (Å²) in [5, 5.41) is 5.37. The first-order valence-electron chi connectivity index (χ1n) is 10.3. The van der Waals surface area contributed by atoms with Gasteiger partial charge in [0.15, 0.2) is 17.4 Å². The molecule has 0 aliphatic heterocycles. The average molecular weight is 453 g/mol. The van der Waals surface area contributed by atoms with Crippen molar-refractivity contribution in [1.29, 1.82) is 0 Å². The van der Waals surface area contributed by atoms with Gasteiger partial charge in [-0.25, -0.2) is 15.0 Å². The summed E-state index contributed by atoms with van der Waals surface area (Å²) in [5.74, 6) is 1.68. The highest BCUT2D eigenvalue weighted by Gasteiger charge is 2.13. The highest BCUT2D eigenvalue weighted by atomic mass is 32.1. The van der Waals surface area contributed by atoms with Crippen molar-refractivity contribution >= 4 is 44.7 Å². The van der Waals surface area contributed by atoms with Crippen molar-refractivity contribution in [2.75, 3.05) is 11.1 Å². The lowest BCUT2D eigenvalue weighted by Crippen LogP contribution is -2.05. The highest BCUT2D eigenvalue weighted by Crippen LogP contribution is 2.31. The summed E-state index contributed by atoms with van der Waals surface area (Å²) in [7, 11) is 0. The van der Waals surface area contributed by atoms with Crippen molar-refractivity contribution in [3.63, 3.8) is 0 Å². The molecule has 7 nitrogen and oxygen atoms in total. The molecule has 0 aliphatic carbocycles. The maximum Gasteiger partial charge on any atom is 0.168 e. The molecule has 162 valence electrons. The Bertz CT molecular complexity index is 1440. The van der Waals surface area contributed by atoms with Crippen molar-refractivity contribution in [2.24, 2.45) is 0 Å². The summed E-state index contributed by atoms with van der Waals surface area (Å²) in [6.07, 6.45) is 3.54. The molecule has 0 radical (unpaired) electrons. The third kappa shape index (κ3) is 4.56. The molecule has 4 aromatic heterocycles. The number of nitrogens with two attached hydrogens (primary N) is 1. The standard InChI is InChI=1S/C25H20N6OS/c1-15-5-7-19(14-27-15)29-25-23-20(9-10-33-23)30-24(31-25)17-4-2-3-16(11-17)12-21(32)18-6-8-22(26)28-13-18/h2-11,13-14H,12H2,1H3,(H2,26,28)(H,29,30,31). The fourth-order valence-corrected chi connectivity index (χ4v) is 4.21. The first kappa shape index (κ1) is 20.7. The van der Waals surface area contributed by atoms with Gasteiger partial charge in [-0.15, -0.1) is 11.3 Å². The molecule has 4 heterocycles. The third-order valence-electron chi connectivity index (χ3n) is 5.14. The first-order valence-corrected chi connectivity index (χ1v) is 11.2. The predicted octanol–water partition coefficient (Wildman–Crippen LogP) is 5.21. The minimum absolute atomic E-state index is 0.0249. The van der Waals surface area contributed by atoms with Crippen molar-refractivity contribution in [3.05, 3.63) is 89.2 Å². The van der Waals surface area contributed by atoms with Gasteiger partial charge in [-0.2, -0.15) is 0 Å². The molecule has 0 saturated heterocycles. The van der Waals surface area contributed by atoms with Crippen LogP contribution in [-0.4, -0.2) is 25.7 Å². The molecule has 0 unspecified atom stereocenters. The van der Waals surface area contributed by atoms with Crippen LogP contribution in [0.2, 0.25) is 0 Å². The van der Waals surface area contributed by atoms with Crippen molar-refractivity contribution in [3.8, 4) is 11.4 Å². The number of aromatic nitrogens is 4. The van der Waals surface area contributed by atoms with Gasteiger partial charge in [0.2, 0.25) is 0 Å². The maximum atomic E-state index is 12.7. The SMILES string of the molecule is Cc1ccc(Nc2nc(-c3cccc(CC(=O)c4ccc(N)nc4)c3)nc3ccsc23)cn1. The number of benzene rings is 1. The van der Waals surface area contributed by atoms with Crippen LogP contribution in [0, 0.1) is 6.92 Å². The summed E-state index contributed by atoms with van der Waals surface area (Å²) < 4.78 is 0.974. The second-order valence-corrected chi connectivity index (χ2v) is 8.53. The lowest BCUT2D eigenvalue weighted by atomic mass is 10.0. The van der Waals surface area contributed by atoms with Gasteiger partial charge in [-0.1, -0.05) is 18.2 Å². The Hall–Kier alpha value is -4.17. The normalized spacial score (nSPS) is 10.9. The minimum Gasteiger partial charge on any atom is -0.384 e. The van der Waals surface area contributed by atoms with E-state index in [1.807, 2.05) is 54.8 Å². The molecule has 1 aromatic carbocycles. The smallest absolute Gasteiger partial charge is 0.168 e. The zero-order valence-electron chi connectivity index (χ0n) is 17.8. The Morgan fingerprint density at radius 3 is 2.73 bits per heavy atom. The molecule has 0 atom stereocenters. The zero-order chi connectivity index (χ0) is 22.8. The van der Waals surface area contributed by atoms with E-state index in [4.69, 9.17) is 15.7 Å². The Balaban J connectivity index is 1.46. The van der Waals surface area contributed by atoms with Gasteiger partial charge in [-0.05, 0) is 54.3 Å². The van der Waals surface area contributed by atoms with Crippen molar-refractivity contribution in [1.82, 2.24) is 19.9 Å². The van der Waals surface area contributed by atoms with Crippen LogP contribution in [0.4, 0.5) is 17.3 Å². The third-order valence-corrected chi connectivity index (χ3v) is 6.05. The molecule has 8 heteroatoms. The van der Waals surface area contributed by atoms with Gasteiger partial charge in [0.25, 0.3) is 0 Å². The van der Waals surface area contributed by atoms with E-state index in [1.54, 1.807) is 29.7 Å². The number of Topliss-reactive ketones (excluding diaryl/α,β-unsaturated/α-hetero) is 1. The van der Waals surface area contributed by atoms with E-state index in [1.165, 1.54) is 6.20 Å². The molecule has 0 amide bonds. The number of thiophene rings is 1. The van der Waals surface area contributed by atoms with Crippen LogP contribution < -0.4 is 11.1 Å². The molecule has 3 N–H and O–H groups in total. The van der Waals surface area contributed by atoms with Crippen LogP contribution in [0.3, 0.4) is 0 Å². The van der Waals surface area contributed by atoms with Crippen LogP contribution in [0.5, 0.6) is 0 Å². The molecule has 5 rings (SSSR count). The van der Waals surface area contributed by atoms with Gasteiger partial charge >= 0.3 is 0 Å². The zero-order valence-corrected chi connectivity index (χ0v) is 18.6. The topological polar surface area (TPSA) is 107 Å². The van der Waals surface area contributed by atoms with Gasteiger partial charge in [0.1, 0.15) is 5.82 Å². The fourth-order valence-electron chi connectivity index (χ4n) is 3.43. The van der Waals surface area contributed by atoms with E-state index >= 15 is 0 Å². The number of fused-ring (bicyclic) bond motifs is 1. The van der Waals surface area contributed by atoms with E-state index in [9.17, 15) is 4.79 Å². The highest BCUT2D eigenvalue weighted by molar-refractivity contribution is 7.17. The maximum absolute atomic E-state index is 12.7. The lowest BCUT2D eigenvalue weighted by Gasteiger charge is -2.10. The number of nitrogen functional groups attached to an aromatic ring is 1. The molecular weight excluding hydrogens is 432 g/mol. The second-order valence-electron chi connectivity index (χ2n) is 7.62. The molecule has 0 aliphatic rings. The van der Waals surface area contributed by atoms with Gasteiger partial charge in [0, 0.05) is 29.4 Å². The van der Waals surface area contributed by atoms with E-state index in [0.717, 1.165) is 38.5 Å². The summed E-state index contributed by atoms with van der Waals surface area (Å²) >= 11 is 1.58. The van der Waals surface area contributed by atoms with E-state index in [-0.39, 0.29) is 12.2 Å². The van der Waals surface area contributed by atoms with Crippen molar-refractivity contribution in [2.45, 2.75) is 13.3 Å². The Morgan fingerprint density at radius 2 is 1.94 bits per heavy atom. The molecule has 0 spiro atoms. The summed E-state index contributed by atoms with van der Waals surface area (Å²) in [4.78, 5) is 30.6. The molecule has 0 bridgehead atoms. The monoisotopic (exact) mass is 452 g/mol. The van der Waals surface area contributed by atoms with E-state index in [2.05, 4.69) is 15.3 Å². The number of carbonyl (C=O) groups is 1. The van der Waals surface area contributed by atoms with Crippen LogP contribution >= 0.6 is 11.3 Å². The lowest BCUT2D eigenvalue weighted by molar-refractivity contribution is 0.0992. The van der Waals surface area contributed by atoms with Gasteiger partial charge < -0.3 is 11.1 Å². The number of carbonyl (C=O) groups excluding carboxylic acids is 1. The van der Waals surface area contributed by atoms with Gasteiger partial charge in [-0.3, -0.25) is 9.78 Å². The molecular formula is C25H20N6OS. The Kier molecular flexibility index (Phi) is 5.50. The number of nitrogens with one attached hydrogen (secondary N) is 1. The number of rotatable bonds is 6. The van der Waals surface area contributed by atoms with Crippen LogP contribution in [0.1, 0.15) is 21.6 Å². The Labute approximate surface area is 194 Å². The predicted molar refractivity (Wildman–Crippen MR) is 132 cm³/mol. The average Bonchev–Trinajstić information content (AvgIpc) is 3.30. The van der Waals surface area contributed by atoms with Crippen LogP contribution in [0.25, 0.3) is 21.6 Å². The number of hydrogen-bond acceptors (Lipinski definition) is 8. The second kappa shape index (κ2) is 8.76. The van der Waals surface area contributed by atoms with Crippen LogP contribution in [-0.2, 0) is 6.42 Å². The first-order chi connectivity index (χ1) is 16.0. The number of aryl methyl sites for hydroxylation is 1. The van der Waals surface area contributed by atoms with E-state index < -0.39 is 0 Å². The minimum atomic E-state index is -0.0249. The number of ketones is 1. The summed E-state index contributed by atoms with van der Waals surface area (Å²) in [6, 6.07) is 17.0. The molecule has 0 fully saturated rings. The van der Waals surface area contributed by atoms with Gasteiger partial charge in [0.05, 0.1) is 22.1 Å². The molecule has 33 heavy (non-hydrogen) atoms. The number of hydrogen-bond donors (Lipinski definition) is 2. The quantitative estimate of drug-likeness (QED) is 0.341. The number of pyridine rings is 2. The number of nitrogens with zero attached hydrogens (tertiary/aromatic N) is 4. The fraction of sp³-hybridized carbons (Fsp3) is 0.0800. The summed E-state index contributed by atoms with van der Waals surface area (Å²) in [5.41, 5.74) is 10.5. The van der Waals surface area contributed by atoms with Crippen molar-refractivity contribution < 1.29 is 4.79 Å². The van der Waals surface area contributed by atoms with E-state index in [0.29, 0.717) is 17.2 Å². The van der Waals surface area contributed by atoms with Crippen LogP contribution in [0.15, 0.2) is 72.4 Å².